The number of halogens is 1. The van der Waals surface area contributed by atoms with Gasteiger partial charge in [0.15, 0.2) is 5.70 Å². The monoisotopic (exact) mass is 323 g/mol. The lowest BCUT2D eigenvalue weighted by atomic mass is 10.2. The van der Waals surface area contributed by atoms with Crippen molar-refractivity contribution in [2.45, 2.75) is 0 Å². The van der Waals surface area contributed by atoms with Crippen molar-refractivity contribution in [3.8, 4) is 5.75 Å². The molecule has 0 radical (unpaired) electrons. The van der Waals surface area contributed by atoms with Crippen LogP contribution in [0.3, 0.4) is 0 Å². The van der Waals surface area contributed by atoms with E-state index in [0.29, 0.717) is 17.9 Å². The zero-order chi connectivity index (χ0) is 16.9. The van der Waals surface area contributed by atoms with Crippen LogP contribution in [0.5, 0.6) is 5.75 Å². The molecule has 0 fully saturated rings. The first-order valence-electron chi connectivity index (χ1n) is 7.28. The zero-order valence-corrected chi connectivity index (χ0v) is 12.7. The second-order valence-corrected chi connectivity index (χ2v) is 5.02. The molecule has 1 aliphatic heterocycles. The molecule has 0 aliphatic carbocycles. The average molecular weight is 323 g/mol. The largest absolute Gasteiger partial charge is 0.490 e. The summed E-state index contributed by atoms with van der Waals surface area (Å²) in [5, 5.41) is 0. The number of cyclic esters (lactones) is 1. The maximum atomic E-state index is 13.3. The Morgan fingerprint density at radius 1 is 1.21 bits per heavy atom. The van der Waals surface area contributed by atoms with Crippen LogP contribution in [-0.2, 0) is 9.53 Å². The molecule has 0 unspecified atom stereocenters. The molecule has 0 saturated carbocycles. The van der Waals surface area contributed by atoms with Crippen LogP contribution in [0.4, 0.5) is 4.39 Å². The Hall–Kier alpha value is -3.21. The normalized spacial score (nSPS) is 15.1. The lowest BCUT2D eigenvalue weighted by Crippen LogP contribution is -2.05. The molecule has 5 heteroatoms. The lowest BCUT2D eigenvalue weighted by molar-refractivity contribution is -0.129. The molecule has 2 aromatic rings. The van der Waals surface area contributed by atoms with E-state index in [2.05, 4.69) is 11.6 Å². The quantitative estimate of drug-likeness (QED) is 0.478. The minimum Gasteiger partial charge on any atom is -0.490 e. The van der Waals surface area contributed by atoms with Crippen molar-refractivity contribution in [3.05, 3.63) is 83.8 Å². The van der Waals surface area contributed by atoms with Crippen LogP contribution >= 0.6 is 0 Å². The summed E-state index contributed by atoms with van der Waals surface area (Å²) in [6.07, 6.45) is 3.26. The molecule has 1 aliphatic rings. The van der Waals surface area contributed by atoms with Crippen LogP contribution in [0.2, 0.25) is 0 Å². The van der Waals surface area contributed by atoms with Gasteiger partial charge in [-0.2, -0.15) is 0 Å². The Morgan fingerprint density at radius 2 is 2.00 bits per heavy atom. The van der Waals surface area contributed by atoms with Crippen LogP contribution in [0.1, 0.15) is 11.1 Å². The third kappa shape index (κ3) is 3.57. The fourth-order valence-corrected chi connectivity index (χ4v) is 2.13. The van der Waals surface area contributed by atoms with Gasteiger partial charge in [0.25, 0.3) is 0 Å². The molecule has 0 atom stereocenters. The van der Waals surface area contributed by atoms with Crippen LogP contribution in [-0.4, -0.2) is 18.5 Å². The molecule has 1 heterocycles. The third-order valence-corrected chi connectivity index (χ3v) is 3.24. The number of nitrogens with zero attached hydrogens (tertiary/aromatic N) is 1. The summed E-state index contributed by atoms with van der Waals surface area (Å²) in [5.74, 6) is -0.188. The maximum Gasteiger partial charge on any atom is 0.363 e. The van der Waals surface area contributed by atoms with Gasteiger partial charge in [-0.05, 0) is 42.0 Å². The number of carbonyl (C=O) groups excluding carboxylic acids is 1. The smallest absolute Gasteiger partial charge is 0.363 e. The van der Waals surface area contributed by atoms with Crippen molar-refractivity contribution in [3.63, 3.8) is 0 Å². The van der Waals surface area contributed by atoms with Crippen LogP contribution in [0, 0.1) is 5.82 Å². The summed E-state index contributed by atoms with van der Waals surface area (Å²) in [6, 6.07) is 12.9. The van der Waals surface area contributed by atoms with Crippen molar-refractivity contribution < 1.29 is 18.7 Å². The molecule has 0 aromatic heterocycles. The molecule has 2 aromatic carbocycles. The first-order chi connectivity index (χ1) is 11.7. The molecule has 24 heavy (non-hydrogen) atoms. The average Bonchev–Trinajstić information content (AvgIpc) is 2.95. The van der Waals surface area contributed by atoms with E-state index in [4.69, 9.17) is 9.47 Å². The van der Waals surface area contributed by atoms with Gasteiger partial charge in [-0.25, -0.2) is 14.2 Å². The summed E-state index contributed by atoms with van der Waals surface area (Å²) in [6.45, 7) is 4.01. The molecule has 120 valence electrons. The van der Waals surface area contributed by atoms with Gasteiger partial charge >= 0.3 is 5.97 Å². The number of esters is 1. The van der Waals surface area contributed by atoms with Gasteiger partial charge in [0.1, 0.15) is 18.2 Å². The molecular weight excluding hydrogens is 309 g/mol. The fraction of sp³-hybridized carbons (Fsp3) is 0.0526. The van der Waals surface area contributed by atoms with E-state index in [1.54, 1.807) is 42.5 Å². The highest BCUT2D eigenvalue weighted by Gasteiger charge is 2.24. The Bertz CT molecular complexity index is 838. The minimum atomic E-state index is -0.568. The summed E-state index contributed by atoms with van der Waals surface area (Å²) in [5.41, 5.74) is 1.35. The second kappa shape index (κ2) is 6.91. The van der Waals surface area contributed by atoms with E-state index >= 15 is 0 Å². The fourth-order valence-electron chi connectivity index (χ4n) is 2.13. The predicted octanol–water partition coefficient (Wildman–Crippen LogP) is 3.74. The highest BCUT2D eigenvalue weighted by atomic mass is 19.1. The number of hydrogen-bond acceptors (Lipinski definition) is 4. The third-order valence-electron chi connectivity index (χ3n) is 3.24. The highest BCUT2D eigenvalue weighted by Crippen LogP contribution is 2.21. The second-order valence-electron chi connectivity index (χ2n) is 5.02. The van der Waals surface area contributed by atoms with Gasteiger partial charge in [0.05, 0.1) is 0 Å². The number of aliphatic imine (C=N–C) groups is 1. The minimum absolute atomic E-state index is 0.0942. The van der Waals surface area contributed by atoms with E-state index in [1.807, 2.05) is 0 Å². The number of hydrogen-bond donors (Lipinski definition) is 0. The van der Waals surface area contributed by atoms with Crippen molar-refractivity contribution in [1.29, 1.82) is 0 Å². The van der Waals surface area contributed by atoms with E-state index < -0.39 is 11.8 Å². The Kier molecular flexibility index (Phi) is 4.52. The molecule has 0 spiro atoms. The van der Waals surface area contributed by atoms with E-state index in [9.17, 15) is 9.18 Å². The number of rotatable bonds is 5. The first-order valence-corrected chi connectivity index (χ1v) is 7.28. The highest BCUT2D eigenvalue weighted by molar-refractivity contribution is 6.12. The van der Waals surface area contributed by atoms with E-state index in [1.165, 1.54) is 18.2 Å². The number of ether oxygens (including phenoxy) is 2. The van der Waals surface area contributed by atoms with Gasteiger partial charge < -0.3 is 9.47 Å². The van der Waals surface area contributed by atoms with Crippen molar-refractivity contribution >= 4 is 17.9 Å². The Balaban J connectivity index is 1.82. The SMILES string of the molecule is C=CCOc1ccc(/C=C2/N=C(c3cccc(F)c3)OC2=O)cc1. The summed E-state index contributed by atoms with van der Waals surface area (Å²) < 4.78 is 23.8. The van der Waals surface area contributed by atoms with Crippen molar-refractivity contribution in [2.75, 3.05) is 6.61 Å². The summed E-state index contributed by atoms with van der Waals surface area (Å²) in [4.78, 5) is 16.1. The Labute approximate surface area is 138 Å². The van der Waals surface area contributed by atoms with Gasteiger partial charge in [-0.3, -0.25) is 0 Å². The molecule has 0 N–H and O–H groups in total. The molecule has 0 bridgehead atoms. The first kappa shape index (κ1) is 15.7. The Morgan fingerprint density at radius 3 is 2.71 bits per heavy atom. The van der Waals surface area contributed by atoms with Crippen molar-refractivity contribution in [2.24, 2.45) is 4.99 Å². The van der Waals surface area contributed by atoms with Gasteiger partial charge in [0.2, 0.25) is 5.90 Å². The molecule has 3 rings (SSSR count). The molecule has 0 amide bonds. The molecular formula is C19H14FNO3. The van der Waals surface area contributed by atoms with E-state index in [0.717, 1.165) is 5.56 Å². The standard InChI is InChI=1S/C19H14FNO3/c1-2-10-23-16-8-6-13(7-9-16)11-17-19(22)24-18(21-17)14-4-3-5-15(20)12-14/h2-9,11-12H,1,10H2/b17-11+. The maximum absolute atomic E-state index is 13.3. The van der Waals surface area contributed by atoms with Gasteiger partial charge in [-0.15, -0.1) is 0 Å². The summed E-state index contributed by atoms with van der Waals surface area (Å²) in [7, 11) is 0. The van der Waals surface area contributed by atoms with Gasteiger partial charge in [0, 0.05) is 5.56 Å². The van der Waals surface area contributed by atoms with Crippen LogP contribution < -0.4 is 4.74 Å². The number of benzene rings is 2. The number of carbonyl (C=O) groups is 1. The summed E-state index contributed by atoms with van der Waals surface area (Å²) >= 11 is 0. The van der Waals surface area contributed by atoms with Crippen LogP contribution in [0.25, 0.3) is 6.08 Å². The predicted molar refractivity (Wildman–Crippen MR) is 89.1 cm³/mol. The lowest BCUT2D eigenvalue weighted by Gasteiger charge is -2.02. The topological polar surface area (TPSA) is 47.9 Å². The van der Waals surface area contributed by atoms with E-state index in [-0.39, 0.29) is 11.6 Å². The molecule has 0 saturated heterocycles. The van der Waals surface area contributed by atoms with Crippen molar-refractivity contribution in [1.82, 2.24) is 0 Å². The van der Waals surface area contributed by atoms with Crippen LogP contribution in [0.15, 0.2) is 71.9 Å². The molecule has 4 nitrogen and oxygen atoms in total. The van der Waals surface area contributed by atoms with Gasteiger partial charge in [-0.1, -0.05) is 30.9 Å². The zero-order valence-electron chi connectivity index (χ0n) is 12.7.